The summed E-state index contributed by atoms with van der Waals surface area (Å²) in [5.74, 6) is -0.645. The highest BCUT2D eigenvalue weighted by Crippen LogP contribution is 2.47. The maximum atomic E-state index is 11.3. The van der Waals surface area contributed by atoms with Gasteiger partial charge in [-0.1, -0.05) is 42.2 Å². The minimum absolute atomic E-state index is 0.250. The molecule has 0 atom stereocenters. The van der Waals surface area contributed by atoms with Gasteiger partial charge in [-0.3, -0.25) is 9.11 Å². The number of allylic oxidation sites excluding steroid dienone is 2. The Hall–Kier alpha value is -2.22. The second kappa shape index (κ2) is 12.1. The number of aromatic nitrogens is 1. The van der Waals surface area contributed by atoms with Gasteiger partial charge in [0.1, 0.15) is 4.70 Å². The molecular weight excluding hydrogens is 577 g/mol. The molecule has 39 heavy (non-hydrogen) atoms. The number of aryl methyl sites for hydroxylation is 2. The lowest BCUT2D eigenvalue weighted by Crippen LogP contribution is -2.36. The summed E-state index contributed by atoms with van der Waals surface area (Å²) in [5, 5.41) is 1.89. The summed E-state index contributed by atoms with van der Waals surface area (Å²) in [6.45, 7) is 10.9. The third-order valence-corrected chi connectivity index (χ3v) is 10.1. The Labute approximate surface area is 238 Å². The van der Waals surface area contributed by atoms with Crippen molar-refractivity contribution < 1.29 is 30.5 Å². The Balaban J connectivity index is 1.71. The average Bonchev–Trinajstić information content (AvgIpc) is 3.34. The third-order valence-electron chi connectivity index (χ3n) is 6.23. The first-order valence-corrected chi connectivity index (χ1v) is 17.3. The van der Waals surface area contributed by atoms with Crippen LogP contribution in [0.3, 0.4) is 0 Å². The first kappa shape index (κ1) is 29.8. The van der Waals surface area contributed by atoms with Crippen molar-refractivity contribution in [3.05, 3.63) is 76.1 Å². The number of hydrogen-bond acceptors (Lipinski definition) is 7. The summed E-state index contributed by atoms with van der Waals surface area (Å²) in [5.41, 5.74) is 4.64. The van der Waals surface area contributed by atoms with Crippen molar-refractivity contribution in [1.29, 1.82) is 0 Å². The van der Waals surface area contributed by atoms with Gasteiger partial charge >= 0.3 is 0 Å². The molecule has 2 radical (unpaired) electrons. The molecule has 2 N–H and O–H groups in total. The lowest BCUT2D eigenvalue weighted by molar-refractivity contribution is -0.668. The minimum Gasteiger partial charge on any atom is -0.335 e. The quantitative estimate of drug-likeness (QED) is 0.221. The van der Waals surface area contributed by atoms with Crippen LogP contribution in [0.1, 0.15) is 42.3 Å². The Bertz CT molecular complexity index is 1660. The molecule has 0 unspecified atom stereocenters. The topological polar surface area (TPSA) is 116 Å². The van der Waals surface area contributed by atoms with E-state index in [0.717, 1.165) is 48.4 Å². The van der Waals surface area contributed by atoms with Crippen molar-refractivity contribution in [3.8, 4) is 0 Å². The molecule has 0 fully saturated rings. The van der Waals surface area contributed by atoms with E-state index in [2.05, 4.69) is 35.8 Å². The molecule has 0 amide bonds. The van der Waals surface area contributed by atoms with E-state index in [1.165, 1.54) is 0 Å². The molecule has 1 aromatic heterocycles. The van der Waals surface area contributed by atoms with Gasteiger partial charge in [0.15, 0.2) is 6.54 Å². The molecule has 0 aliphatic carbocycles. The van der Waals surface area contributed by atoms with Crippen LogP contribution in [0.2, 0.25) is 0 Å². The zero-order chi connectivity index (χ0) is 28.4. The Morgan fingerprint density at radius 1 is 1.05 bits per heavy atom. The maximum Gasteiger partial charge on any atom is 0.265 e. The number of thioether (sulfide) groups is 1. The van der Waals surface area contributed by atoms with Crippen LogP contribution in [0.15, 0.2) is 58.0 Å². The van der Waals surface area contributed by atoms with E-state index in [1.807, 2.05) is 36.1 Å². The number of rotatable bonds is 11. The monoisotopic (exact) mass is 607 g/mol. The summed E-state index contributed by atoms with van der Waals surface area (Å²) in [7, 11) is -8.12. The number of anilines is 1. The summed E-state index contributed by atoms with van der Waals surface area (Å²) < 4.78 is 66.9. The largest absolute Gasteiger partial charge is 0.335 e. The molecule has 2 aromatic carbocycles. The Morgan fingerprint density at radius 3 is 2.46 bits per heavy atom. The lowest BCUT2D eigenvalue weighted by atomic mass is 10.1. The molecule has 8 nitrogen and oxygen atoms in total. The van der Waals surface area contributed by atoms with Crippen LogP contribution in [0, 0.1) is 13.8 Å². The zero-order valence-electron chi connectivity index (χ0n) is 21.7. The van der Waals surface area contributed by atoms with Crippen molar-refractivity contribution in [2.75, 3.05) is 23.0 Å². The highest BCUT2D eigenvalue weighted by molar-refractivity contribution is 8.03. The fourth-order valence-corrected chi connectivity index (χ4v) is 7.66. The van der Waals surface area contributed by atoms with Crippen LogP contribution in [-0.2, 0) is 26.8 Å². The zero-order valence-corrected chi connectivity index (χ0v) is 25.0. The van der Waals surface area contributed by atoms with Gasteiger partial charge in [-0.05, 0) is 67.7 Å². The summed E-state index contributed by atoms with van der Waals surface area (Å²) >= 11 is 3.19. The van der Waals surface area contributed by atoms with E-state index < -0.39 is 20.2 Å². The minimum atomic E-state index is -4.07. The van der Waals surface area contributed by atoms with Gasteiger partial charge in [0.25, 0.3) is 25.2 Å². The van der Waals surface area contributed by atoms with Crippen LogP contribution in [0.25, 0.3) is 16.3 Å². The van der Waals surface area contributed by atoms with Crippen molar-refractivity contribution >= 4 is 65.3 Å². The summed E-state index contributed by atoms with van der Waals surface area (Å²) in [4.78, 5) is 3.04. The highest BCUT2D eigenvalue weighted by Gasteiger charge is 2.26. The predicted molar refractivity (Wildman–Crippen MR) is 158 cm³/mol. The van der Waals surface area contributed by atoms with E-state index in [4.69, 9.17) is 6.92 Å². The second-order valence-corrected chi connectivity index (χ2v) is 14.6. The van der Waals surface area contributed by atoms with Gasteiger partial charge in [0, 0.05) is 30.0 Å². The molecule has 0 spiro atoms. The number of fused-ring (bicyclic) bond motifs is 2. The lowest BCUT2D eigenvalue weighted by Gasteiger charge is -2.21. The maximum absolute atomic E-state index is 11.3. The fraction of sp³-hybridized carbons (Fsp3) is 0.333. The van der Waals surface area contributed by atoms with Crippen LogP contribution < -0.4 is 9.47 Å². The third kappa shape index (κ3) is 7.92. The van der Waals surface area contributed by atoms with Gasteiger partial charge < -0.3 is 4.90 Å². The van der Waals surface area contributed by atoms with E-state index in [1.54, 1.807) is 23.1 Å². The SMILES string of the molecule is [CH]c1ccc2c(c1)N(CCCS(=O)(=O)O)C(=C/C(=C/c1sc3ccc(C)cc3[n+]1CCCS(=O)(=O)O)CC)S2. The van der Waals surface area contributed by atoms with Gasteiger partial charge in [-0.15, -0.1) is 0 Å². The van der Waals surface area contributed by atoms with Crippen LogP contribution in [0.4, 0.5) is 5.69 Å². The van der Waals surface area contributed by atoms with Crippen molar-refractivity contribution in [2.45, 2.75) is 44.6 Å². The number of benzene rings is 2. The normalized spacial score (nSPS) is 15.5. The highest BCUT2D eigenvalue weighted by atomic mass is 32.2. The molecule has 0 bridgehead atoms. The molecule has 12 heteroatoms. The average molecular weight is 608 g/mol. The van der Waals surface area contributed by atoms with Crippen molar-refractivity contribution in [3.63, 3.8) is 0 Å². The van der Waals surface area contributed by atoms with Crippen molar-refractivity contribution in [1.82, 2.24) is 0 Å². The molecule has 3 aromatic rings. The molecule has 2 heterocycles. The first-order valence-electron chi connectivity index (χ1n) is 12.4. The van der Waals surface area contributed by atoms with E-state index in [0.29, 0.717) is 18.7 Å². The first-order chi connectivity index (χ1) is 18.3. The Kier molecular flexibility index (Phi) is 9.24. The summed E-state index contributed by atoms with van der Waals surface area (Å²) in [6.07, 6.45) is 5.42. The predicted octanol–water partition coefficient (Wildman–Crippen LogP) is 5.36. The molecular formula is C27H31N2O6S4+. The Morgan fingerprint density at radius 2 is 1.77 bits per heavy atom. The van der Waals surface area contributed by atoms with Gasteiger partial charge in [0.05, 0.1) is 22.2 Å². The second-order valence-electron chi connectivity index (χ2n) is 9.38. The molecule has 0 saturated heterocycles. The molecule has 1 aliphatic heterocycles. The van der Waals surface area contributed by atoms with Gasteiger partial charge in [0.2, 0.25) is 5.52 Å². The molecule has 208 valence electrons. The van der Waals surface area contributed by atoms with E-state index in [9.17, 15) is 25.9 Å². The smallest absolute Gasteiger partial charge is 0.265 e. The number of nitrogens with zero attached hydrogens (tertiary/aromatic N) is 2. The molecule has 0 saturated carbocycles. The summed E-state index contributed by atoms with van der Waals surface area (Å²) in [6, 6.07) is 11.8. The molecule has 4 rings (SSSR count). The van der Waals surface area contributed by atoms with Gasteiger partial charge in [-0.2, -0.15) is 21.4 Å². The van der Waals surface area contributed by atoms with Crippen LogP contribution in [0.5, 0.6) is 0 Å². The number of thiazole rings is 1. The van der Waals surface area contributed by atoms with Gasteiger partial charge in [-0.25, -0.2) is 0 Å². The van der Waals surface area contributed by atoms with E-state index in [-0.39, 0.29) is 24.3 Å². The fourth-order valence-electron chi connectivity index (χ4n) is 4.38. The van der Waals surface area contributed by atoms with E-state index >= 15 is 0 Å². The number of hydrogen-bond donors (Lipinski definition) is 2. The van der Waals surface area contributed by atoms with Crippen LogP contribution >= 0.6 is 23.1 Å². The van der Waals surface area contributed by atoms with Crippen molar-refractivity contribution in [2.24, 2.45) is 0 Å². The van der Waals surface area contributed by atoms with Crippen LogP contribution in [-0.4, -0.2) is 44.0 Å². The molecule has 1 aliphatic rings. The standard InChI is InChI=1S/C27H30N2O6S4/c1-4-21(17-26-28(11-5-13-38(30,31)32)22-15-19(2)7-9-24(22)36-26)18-27-29(12-6-14-39(33,34)35)23-16-20(3)8-10-25(23)37-27/h2,7-10,15-18H,4-6,11-14H2,1,3H3,(H-,30,31,32,33,34,35)/p+1.